The zero-order valence-corrected chi connectivity index (χ0v) is 10.3. The summed E-state index contributed by atoms with van der Waals surface area (Å²) in [6, 6.07) is 17.0. The highest BCUT2D eigenvalue weighted by molar-refractivity contribution is 6.21. The van der Waals surface area contributed by atoms with Gasteiger partial charge in [0, 0.05) is 22.4 Å². The van der Waals surface area contributed by atoms with Crippen LogP contribution >= 0.6 is 0 Å². The first-order chi connectivity index (χ1) is 9.31. The van der Waals surface area contributed by atoms with Crippen molar-refractivity contribution >= 4 is 17.2 Å². The summed E-state index contributed by atoms with van der Waals surface area (Å²) in [5.41, 5.74) is 3.51. The predicted molar refractivity (Wildman–Crippen MR) is 74.8 cm³/mol. The SMILES string of the molecule is O=C1C(CO)=C(Nc2ccccc2)c2ccccc21. The largest absolute Gasteiger partial charge is 0.391 e. The van der Waals surface area contributed by atoms with Crippen LogP contribution in [0.3, 0.4) is 0 Å². The predicted octanol–water partition coefficient (Wildman–Crippen LogP) is 2.70. The summed E-state index contributed by atoms with van der Waals surface area (Å²) in [6.07, 6.45) is 0. The summed E-state index contributed by atoms with van der Waals surface area (Å²) in [7, 11) is 0. The van der Waals surface area contributed by atoms with Crippen LogP contribution in [0.25, 0.3) is 5.70 Å². The molecule has 19 heavy (non-hydrogen) atoms. The second-order valence-electron chi connectivity index (χ2n) is 4.38. The molecule has 0 saturated carbocycles. The van der Waals surface area contributed by atoms with E-state index >= 15 is 0 Å². The van der Waals surface area contributed by atoms with Crippen LogP contribution in [0.2, 0.25) is 0 Å². The zero-order valence-electron chi connectivity index (χ0n) is 10.3. The molecule has 0 saturated heterocycles. The molecule has 1 aliphatic carbocycles. The van der Waals surface area contributed by atoms with Crippen LogP contribution in [0.5, 0.6) is 0 Å². The molecule has 0 aromatic heterocycles. The first-order valence-corrected chi connectivity index (χ1v) is 6.11. The van der Waals surface area contributed by atoms with Gasteiger partial charge >= 0.3 is 0 Å². The average Bonchev–Trinajstić information content (AvgIpc) is 2.73. The fourth-order valence-corrected chi connectivity index (χ4v) is 2.30. The van der Waals surface area contributed by atoms with Crippen molar-refractivity contribution < 1.29 is 9.90 Å². The number of para-hydroxylation sites is 1. The van der Waals surface area contributed by atoms with Crippen molar-refractivity contribution in [1.82, 2.24) is 0 Å². The van der Waals surface area contributed by atoms with Crippen molar-refractivity contribution in [2.75, 3.05) is 11.9 Å². The Morgan fingerprint density at radius 1 is 0.895 bits per heavy atom. The molecular formula is C16H13NO2. The van der Waals surface area contributed by atoms with E-state index in [4.69, 9.17) is 0 Å². The minimum atomic E-state index is -0.261. The van der Waals surface area contributed by atoms with E-state index in [-0.39, 0.29) is 12.4 Å². The Morgan fingerprint density at radius 3 is 2.21 bits per heavy atom. The number of carbonyl (C=O) groups is 1. The lowest BCUT2D eigenvalue weighted by atomic mass is 10.1. The molecule has 2 aromatic carbocycles. The van der Waals surface area contributed by atoms with Crippen LogP contribution in [0.1, 0.15) is 15.9 Å². The molecule has 0 unspecified atom stereocenters. The second-order valence-corrected chi connectivity index (χ2v) is 4.38. The Balaban J connectivity index is 2.07. The Bertz CT molecular complexity index is 659. The summed E-state index contributed by atoms with van der Waals surface area (Å²) in [5, 5.41) is 12.7. The van der Waals surface area contributed by atoms with Crippen LogP contribution < -0.4 is 5.32 Å². The van der Waals surface area contributed by atoms with Crippen molar-refractivity contribution in [2.45, 2.75) is 0 Å². The number of Topliss-reactive ketones (excluding diaryl/α,β-unsaturated/α-hetero) is 1. The maximum atomic E-state index is 12.2. The number of rotatable bonds is 3. The number of ketones is 1. The molecule has 0 fully saturated rings. The number of carbonyl (C=O) groups excluding carboxylic acids is 1. The molecule has 0 heterocycles. The number of hydrogen-bond donors (Lipinski definition) is 2. The van der Waals surface area contributed by atoms with Crippen LogP contribution in [0.4, 0.5) is 5.69 Å². The van der Waals surface area contributed by atoms with E-state index in [0.29, 0.717) is 16.8 Å². The summed E-state index contributed by atoms with van der Waals surface area (Å²) < 4.78 is 0. The van der Waals surface area contributed by atoms with Crippen molar-refractivity contribution in [3.8, 4) is 0 Å². The van der Waals surface area contributed by atoms with E-state index in [9.17, 15) is 9.90 Å². The third kappa shape index (κ3) is 1.94. The average molecular weight is 251 g/mol. The third-order valence-electron chi connectivity index (χ3n) is 3.22. The molecule has 0 aliphatic heterocycles. The number of benzene rings is 2. The van der Waals surface area contributed by atoms with Gasteiger partial charge < -0.3 is 10.4 Å². The molecule has 2 N–H and O–H groups in total. The number of aliphatic hydroxyl groups excluding tert-OH is 1. The summed E-state index contributed by atoms with van der Waals surface area (Å²) in [5.74, 6) is -0.100. The number of hydrogen-bond acceptors (Lipinski definition) is 3. The van der Waals surface area contributed by atoms with Gasteiger partial charge in [0.1, 0.15) is 0 Å². The Labute approximate surface area is 111 Å². The lowest BCUT2D eigenvalue weighted by Crippen LogP contribution is -2.05. The normalized spacial score (nSPS) is 13.6. The molecule has 3 rings (SSSR count). The summed E-state index contributed by atoms with van der Waals surface area (Å²) >= 11 is 0. The van der Waals surface area contributed by atoms with Crippen LogP contribution in [-0.2, 0) is 0 Å². The zero-order chi connectivity index (χ0) is 13.2. The summed E-state index contributed by atoms with van der Waals surface area (Å²) in [4.78, 5) is 12.2. The van der Waals surface area contributed by atoms with Crippen molar-refractivity contribution in [3.05, 3.63) is 71.3 Å². The first-order valence-electron chi connectivity index (χ1n) is 6.11. The van der Waals surface area contributed by atoms with Gasteiger partial charge in [-0.2, -0.15) is 0 Å². The number of aliphatic hydroxyl groups is 1. The smallest absolute Gasteiger partial charge is 0.194 e. The van der Waals surface area contributed by atoms with Gasteiger partial charge in [-0.3, -0.25) is 4.79 Å². The number of fused-ring (bicyclic) bond motifs is 1. The quantitative estimate of drug-likeness (QED) is 0.881. The second kappa shape index (κ2) is 4.71. The highest BCUT2D eigenvalue weighted by Gasteiger charge is 2.28. The minimum absolute atomic E-state index is 0.100. The van der Waals surface area contributed by atoms with E-state index in [1.807, 2.05) is 48.5 Å². The molecule has 0 radical (unpaired) electrons. The Hall–Kier alpha value is -2.39. The minimum Gasteiger partial charge on any atom is -0.391 e. The molecule has 0 spiro atoms. The number of nitrogens with one attached hydrogen (secondary N) is 1. The fourth-order valence-electron chi connectivity index (χ4n) is 2.30. The van der Waals surface area contributed by atoms with Crippen molar-refractivity contribution in [3.63, 3.8) is 0 Å². The van der Waals surface area contributed by atoms with Gasteiger partial charge in [0.15, 0.2) is 5.78 Å². The molecule has 0 atom stereocenters. The van der Waals surface area contributed by atoms with Gasteiger partial charge in [0.05, 0.1) is 12.3 Å². The molecule has 94 valence electrons. The molecule has 3 nitrogen and oxygen atoms in total. The molecule has 3 heteroatoms. The monoisotopic (exact) mass is 251 g/mol. The van der Waals surface area contributed by atoms with Gasteiger partial charge in [0.2, 0.25) is 0 Å². The van der Waals surface area contributed by atoms with Crippen molar-refractivity contribution in [1.29, 1.82) is 0 Å². The van der Waals surface area contributed by atoms with E-state index in [1.54, 1.807) is 6.07 Å². The first kappa shape index (κ1) is 11.7. The van der Waals surface area contributed by atoms with Gasteiger partial charge in [-0.15, -0.1) is 0 Å². The molecular weight excluding hydrogens is 238 g/mol. The van der Waals surface area contributed by atoms with E-state index < -0.39 is 0 Å². The third-order valence-corrected chi connectivity index (χ3v) is 3.22. The highest BCUT2D eigenvalue weighted by atomic mass is 16.3. The lowest BCUT2D eigenvalue weighted by molar-refractivity contribution is 0.102. The molecule has 1 aliphatic rings. The maximum Gasteiger partial charge on any atom is 0.194 e. The molecule has 0 amide bonds. The number of anilines is 1. The van der Waals surface area contributed by atoms with Crippen LogP contribution in [-0.4, -0.2) is 17.5 Å². The van der Waals surface area contributed by atoms with Gasteiger partial charge in [-0.1, -0.05) is 42.5 Å². The van der Waals surface area contributed by atoms with E-state index in [2.05, 4.69) is 5.32 Å². The van der Waals surface area contributed by atoms with Crippen LogP contribution in [0.15, 0.2) is 60.2 Å². The van der Waals surface area contributed by atoms with E-state index in [0.717, 1.165) is 11.3 Å². The topological polar surface area (TPSA) is 49.3 Å². The lowest BCUT2D eigenvalue weighted by Gasteiger charge is -2.10. The fraction of sp³-hybridized carbons (Fsp3) is 0.0625. The standard InChI is InChI=1S/C16H13NO2/c18-10-14-15(17-11-6-2-1-3-7-11)12-8-4-5-9-13(12)16(14)19/h1-9,17-18H,10H2. The van der Waals surface area contributed by atoms with Crippen LogP contribution in [0, 0.1) is 0 Å². The Kier molecular flexibility index (Phi) is 2.89. The van der Waals surface area contributed by atoms with Gasteiger partial charge in [-0.05, 0) is 12.1 Å². The van der Waals surface area contributed by atoms with Gasteiger partial charge in [0.25, 0.3) is 0 Å². The van der Waals surface area contributed by atoms with E-state index in [1.165, 1.54) is 0 Å². The van der Waals surface area contributed by atoms with Gasteiger partial charge in [-0.25, -0.2) is 0 Å². The van der Waals surface area contributed by atoms with Crippen molar-refractivity contribution in [2.24, 2.45) is 0 Å². The Morgan fingerprint density at radius 2 is 1.53 bits per heavy atom. The molecule has 2 aromatic rings. The summed E-state index contributed by atoms with van der Waals surface area (Å²) in [6.45, 7) is -0.261. The highest BCUT2D eigenvalue weighted by Crippen LogP contribution is 2.33. The maximum absolute atomic E-state index is 12.2. The molecule has 0 bridgehead atoms.